The van der Waals surface area contributed by atoms with Crippen molar-refractivity contribution in [2.75, 3.05) is 17.2 Å². The minimum atomic E-state index is -0.179. The number of hydrogen-bond acceptors (Lipinski definition) is 3. The van der Waals surface area contributed by atoms with E-state index in [4.69, 9.17) is 0 Å². The highest BCUT2D eigenvalue weighted by atomic mass is 79.9. The summed E-state index contributed by atoms with van der Waals surface area (Å²) in [5, 5.41) is 5.99. The predicted molar refractivity (Wildman–Crippen MR) is 92.9 cm³/mol. The first kappa shape index (κ1) is 16.0. The minimum absolute atomic E-state index is 0.179. The monoisotopic (exact) mass is 411 g/mol. The van der Waals surface area contributed by atoms with Crippen LogP contribution in [0.15, 0.2) is 39.4 Å². The summed E-state index contributed by atoms with van der Waals surface area (Å²) in [6, 6.07) is 7.33. The van der Waals surface area contributed by atoms with Gasteiger partial charge in [0.1, 0.15) is 5.82 Å². The summed E-state index contributed by atoms with van der Waals surface area (Å²) in [6.07, 6.45) is 1.62. The Bertz CT molecular complexity index is 651. The van der Waals surface area contributed by atoms with Gasteiger partial charge in [0.15, 0.2) is 0 Å². The number of carbonyl (C=O) groups excluding carboxylic acids is 1. The third-order valence-corrected chi connectivity index (χ3v) is 4.06. The van der Waals surface area contributed by atoms with E-state index < -0.39 is 0 Å². The van der Waals surface area contributed by atoms with Crippen LogP contribution >= 0.6 is 31.9 Å². The van der Waals surface area contributed by atoms with Crippen molar-refractivity contribution in [1.29, 1.82) is 0 Å². The molecule has 2 rings (SSSR count). The third-order valence-electron chi connectivity index (χ3n) is 2.80. The number of pyridine rings is 1. The van der Waals surface area contributed by atoms with E-state index in [0.29, 0.717) is 17.1 Å². The van der Waals surface area contributed by atoms with Crippen molar-refractivity contribution in [2.24, 2.45) is 0 Å². The second kappa shape index (κ2) is 7.04. The van der Waals surface area contributed by atoms with Gasteiger partial charge in [-0.3, -0.25) is 4.79 Å². The highest BCUT2D eigenvalue weighted by Gasteiger charge is 2.12. The van der Waals surface area contributed by atoms with Gasteiger partial charge < -0.3 is 10.6 Å². The zero-order chi connectivity index (χ0) is 15.4. The van der Waals surface area contributed by atoms with Crippen LogP contribution in [-0.2, 0) is 0 Å². The molecule has 6 heteroatoms. The van der Waals surface area contributed by atoms with Gasteiger partial charge in [0, 0.05) is 27.3 Å². The summed E-state index contributed by atoms with van der Waals surface area (Å²) in [7, 11) is 0. The van der Waals surface area contributed by atoms with Crippen LogP contribution in [0.2, 0.25) is 0 Å². The van der Waals surface area contributed by atoms with Crippen molar-refractivity contribution in [3.8, 4) is 0 Å². The van der Waals surface area contributed by atoms with Crippen molar-refractivity contribution in [1.82, 2.24) is 4.98 Å². The lowest BCUT2D eigenvalue weighted by Gasteiger charge is -2.11. The molecule has 1 aromatic carbocycles. The lowest BCUT2D eigenvalue weighted by molar-refractivity contribution is 0.102. The number of halogens is 2. The van der Waals surface area contributed by atoms with E-state index >= 15 is 0 Å². The first-order valence-electron chi connectivity index (χ1n) is 6.48. The number of aromatic nitrogens is 1. The van der Waals surface area contributed by atoms with E-state index in [1.165, 1.54) is 0 Å². The minimum Gasteiger partial charge on any atom is -0.370 e. The molecule has 0 aliphatic carbocycles. The van der Waals surface area contributed by atoms with Gasteiger partial charge in [0.05, 0.1) is 5.69 Å². The van der Waals surface area contributed by atoms with Crippen molar-refractivity contribution in [3.05, 3.63) is 50.5 Å². The number of benzene rings is 1. The first-order valence-corrected chi connectivity index (χ1v) is 8.06. The van der Waals surface area contributed by atoms with Crippen molar-refractivity contribution < 1.29 is 4.79 Å². The highest BCUT2D eigenvalue weighted by molar-refractivity contribution is 9.11. The smallest absolute Gasteiger partial charge is 0.255 e. The summed E-state index contributed by atoms with van der Waals surface area (Å²) in [6.45, 7) is 4.73. The summed E-state index contributed by atoms with van der Waals surface area (Å²) in [5.41, 5.74) is 2.37. The van der Waals surface area contributed by atoms with E-state index in [2.05, 4.69) is 47.5 Å². The summed E-state index contributed by atoms with van der Waals surface area (Å²) >= 11 is 6.94. The molecule has 1 aromatic heterocycles. The fourth-order valence-corrected chi connectivity index (χ4v) is 3.47. The van der Waals surface area contributed by atoms with E-state index in [9.17, 15) is 4.79 Å². The fourth-order valence-electron chi connectivity index (χ4n) is 1.85. The molecular formula is C15H15Br2N3O. The van der Waals surface area contributed by atoms with Crippen LogP contribution in [0, 0.1) is 6.92 Å². The van der Waals surface area contributed by atoms with Gasteiger partial charge in [-0.2, -0.15) is 0 Å². The van der Waals surface area contributed by atoms with E-state index in [0.717, 1.165) is 21.1 Å². The lowest BCUT2D eigenvalue weighted by atomic mass is 10.2. The fraction of sp³-hybridized carbons (Fsp3) is 0.200. The van der Waals surface area contributed by atoms with Gasteiger partial charge in [0.2, 0.25) is 0 Å². The Morgan fingerprint density at radius 2 is 1.90 bits per heavy atom. The normalized spacial score (nSPS) is 10.3. The molecule has 4 nitrogen and oxygen atoms in total. The molecule has 2 N–H and O–H groups in total. The second-order valence-electron chi connectivity index (χ2n) is 4.52. The van der Waals surface area contributed by atoms with Gasteiger partial charge in [-0.15, -0.1) is 0 Å². The number of nitrogens with zero attached hydrogens (tertiary/aromatic N) is 1. The zero-order valence-electron chi connectivity index (χ0n) is 11.7. The molecule has 21 heavy (non-hydrogen) atoms. The molecule has 0 spiro atoms. The Morgan fingerprint density at radius 3 is 2.52 bits per heavy atom. The maximum absolute atomic E-state index is 12.4. The van der Waals surface area contributed by atoms with E-state index in [-0.39, 0.29) is 5.91 Å². The van der Waals surface area contributed by atoms with Crippen molar-refractivity contribution >= 4 is 49.3 Å². The average molecular weight is 413 g/mol. The lowest BCUT2D eigenvalue weighted by Crippen LogP contribution is -2.13. The van der Waals surface area contributed by atoms with Crippen LogP contribution in [-0.4, -0.2) is 17.4 Å². The molecule has 0 atom stereocenters. The largest absolute Gasteiger partial charge is 0.370 e. The summed E-state index contributed by atoms with van der Waals surface area (Å²) in [4.78, 5) is 16.5. The highest BCUT2D eigenvalue weighted by Crippen LogP contribution is 2.32. The Balaban J connectivity index is 2.24. The Hall–Kier alpha value is -1.40. The van der Waals surface area contributed by atoms with Crippen molar-refractivity contribution in [2.45, 2.75) is 13.8 Å². The van der Waals surface area contributed by atoms with E-state index in [1.807, 2.05) is 26.0 Å². The summed E-state index contributed by atoms with van der Waals surface area (Å²) in [5.74, 6) is 0.508. The quantitative estimate of drug-likeness (QED) is 0.771. The second-order valence-corrected chi connectivity index (χ2v) is 6.23. The van der Waals surface area contributed by atoms with Crippen LogP contribution in [0.25, 0.3) is 0 Å². The molecule has 0 unspecified atom stereocenters. The standard InChI is InChI=1S/C15H15Br2N3O/c1-3-18-13-8-10(4-5-19-13)15(21)20-14-11(16)6-9(2)7-12(14)17/h4-8H,3H2,1-2H3,(H,18,19)(H,20,21). The van der Waals surface area contributed by atoms with Gasteiger partial charge in [-0.05, 0) is 75.5 Å². The van der Waals surface area contributed by atoms with Crippen LogP contribution in [0.4, 0.5) is 11.5 Å². The molecular weight excluding hydrogens is 398 g/mol. The van der Waals surface area contributed by atoms with Gasteiger partial charge in [-0.25, -0.2) is 4.98 Å². The third kappa shape index (κ3) is 4.04. The molecule has 1 heterocycles. The Labute approximate surface area is 140 Å². The maximum atomic E-state index is 12.4. The summed E-state index contributed by atoms with van der Waals surface area (Å²) < 4.78 is 1.67. The number of anilines is 2. The molecule has 110 valence electrons. The average Bonchev–Trinajstić information content (AvgIpc) is 2.43. The number of nitrogens with one attached hydrogen (secondary N) is 2. The van der Waals surface area contributed by atoms with Crippen molar-refractivity contribution in [3.63, 3.8) is 0 Å². The molecule has 2 aromatic rings. The number of rotatable bonds is 4. The van der Waals surface area contributed by atoms with Crippen LogP contribution in [0.3, 0.4) is 0 Å². The number of hydrogen-bond donors (Lipinski definition) is 2. The number of carbonyl (C=O) groups is 1. The predicted octanol–water partition coefficient (Wildman–Crippen LogP) is 4.60. The van der Waals surface area contributed by atoms with Gasteiger partial charge >= 0.3 is 0 Å². The van der Waals surface area contributed by atoms with Crippen LogP contribution < -0.4 is 10.6 Å². The van der Waals surface area contributed by atoms with Gasteiger partial charge in [0.25, 0.3) is 5.91 Å². The first-order chi connectivity index (χ1) is 10.0. The molecule has 1 amide bonds. The number of amides is 1. The van der Waals surface area contributed by atoms with Crippen LogP contribution in [0.5, 0.6) is 0 Å². The molecule has 0 bridgehead atoms. The molecule has 0 fully saturated rings. The molecule has 0 saturated carbocycles. The SMILES string of the molecule is CCNc1cc(C(=O)Nc2c(Br)cc(C)cc2Br)ccn1. The van der Waals surface area contributed by atoms with Gasteiger partial charge in [-0.1, -0.05) is 0 Å². The zero-order valence-corrected chi connectivity index (χ0v) is 14.9. The molecule has 0 aliphatic rings. The topological polar surface area (TPSA) is 54.0 Å². The molecule has 0 saturated heterocycles. The Kier molecular flexibility index (Phi) is 5.36. The molecule has 0 aliphatic heterocycles. The number of aryl methyl sites for hydroxylation is 1. The van der Waals surface area contributed by atoms with E-state index in [1.54, 1.807) is 18.3 Å². The Morgan fingerprint density at radius 1 is 1.24 bits per heavy atom. The maximum Gasteiger partial charge on any atom is 0.255 e. The van der Waals surface area contributed by atoms with Crippen LogP contribution in [0.1, 0.15) is 22.8 Å². The molecule has 0 radical (unpaired) electrons.